The van der Waals surface area contributed by atoms with Crippen molar-refractivity contribution in [3.05, 3.63) is 41.4 Å². The van der Waals surface area contributed by atoms with Crippen molar-refractivity contribution in [2.24, 2.45) is 0 Å². The van der Waals surface area contributed by atoms with Crippen LogP contribution in [-0.4, -0.2) is 15.0 Å². The van der Waals surface area contributed by atoms with Gasteiger partial charge >= 0.3 is 96.5 Å². The maximum atomic E-state index is 5.85. The maximum absolute atomic E-state index is 5.85. The molecule has 0 amide bonds. The Morgan fingerprint density at radius 2 is 2.00 bits per heavy atom. The van der Waals surface area contributed by atoms with Gasteiger partial charge in [-0.1, -0.05) is 0 Å². The molecule has 1 atom stereocenters. The topological polar surface area (TPSA) is 0 Å². The quantitative estimate of drug-likeness (QED) is 0.572. The number of hydrogen-bond donors (Lipinski definition) is 0. The van der Waals surface area contributed by atoms with Gasteiger partial charge in [-0.05, 0) is 0 Å². The van der Waals surface area contributed by atoms with Gasteiger partial charge in [0.05, 0.1) is 0 Å². The third kappa shape index (κ3) is 2.88. The van der Waals surface area contributed by atoms with Crippen molar-refractivity contribution in [1.29, 1.82) is 0 Å². The van der Waals surface area contributed by atoms with Gasteiger partial charge in [-0.25, -0.2) is 0 Å². The Morgan fingerprint density at radius 3 is 2.64 bits per heavy atom. The molecule has 0 aliphatic heterocycles. The summed E-state index contributed by atoms with van der Waals surface area (Å²) in [6, 6.07) is 8.30. The second-order valence-corrected chi connectivity index (χ2v) is 6.66. The molecule has 2 heteroatoms. The van der Waals surface area contributed by atoms with E-state index in [9.17, 15) is 0 Å². The SMILES string of the molecule is Clc1ccc([Se]C2C=CCCC2)cc1. The molecule has 0 bridgehead atoms. The van der Waals surface area contributed by atoms with Gasteiger partial charge in [0.1, 0.15) is 0 Å². The second-order valence-electron chi connectivity index (χ2n) is 3.47. The first-order valence-corrected chi connectivity index (χ1v) is 7.16. The third-order valence-electron chi connectivity index (χ3n) is 2.31. The van der Waals surface area contributed by atoms with E-state index in [4.69, 9.17) is 11.6 Å². The van der Waals surface area contributed by atoms with Crippen molar-refractivity contribution in [3.63, 3.8) is 0 Å². The van der Waals surface area contributed by atoms with E-state index in [2.05, 4.69) is 24.3 Å². The van der Waals surface area contributed by atoms with Crippen LogP contribution in [0.25, 0.3) is 0 Å². The number of hydrogen-bond acceptors (Lipinski definition) is 0. The molecular weight excluding hydrogens is 259 g/mol. The van der Waals surface area contributed by atoms with Crippen molar-refractivity contribution in [2.75, 3.05) is 0 Å². The van der Waals surface area contributed by atoms with E-state index in [0.717, 1.165) is 9.84 Å². The van der Waals surface area contributed by atoms with Gasteiger partial charge in [-0.3, -0.25) is 0 Å². The van der Waals surface area contributed by atoms with Gasteiger partial charge in [0.2, 0.25) is 0 Å². The number of benzene rings is 1. The van der Waals surface area contributed by atoms with Crippen LogP contribution in [0, 0.1) is 0 Å². The molecule has 0 spiro atoms. The molecule has 0 saturated heterocycles. The molecule has 0 nitrogen and oxygen atoms in total. The van der Waals surface area contributed by atoms with Gasteiger partial charge in [-0.15, -0.1) is 0 Å². The standard InChI is InChI=1S/C12H13ClSe/c13-10-6-8-12(9-7-10)14-11-4-2-1-3-5-11/h2,4,6-9,11H,1,3,5H2. The number of allylic oxidation sites excluding steroid dienone is 2. The fraction of sp³-hybridized carbons (Fsp3) is 0.333. The molecule has 0 fully saturated rings. The van der Waals surface area contributed by atoms with E-state index in [0.29, 0.717) is 15.0 Å². The van der Waals surface area contributed by atoms with Gasteiger partial charge in [0.15, 0.2) is 0 Å². The zero-order valence-corrected chi connectivity index (χ0v) is 10.4. The Hall–Kier alpha value is -0.231. The Bertz CT molecular complexity index is 316. The Balaban J connectivity index is 1.99. The monoisotopic (exact) mass is 272 g/mol. The predicted octanol–water partition coefficient (Wildman–Crippen LogP) is 3.20. The Kier molecular flexibility index (Phi) is 3.69. The first kappa shape index (κ1) is 10.3. The Labute approximate surface area is 96.5 Å². The van der Waals surface area contributed by atoms with Crippen LogP contribution in [-0.2, 0) is 0 Å². The zero-order chi connectivity index (χ0) is 9.80. The minimum absolute atomic E-state index is 0.585. The van der Waals surface area contributed by atoms with E-state index in [1.54, 1.807) is 0 Å². The summed E-state index contributed by atoms with van der Waals surface area (Å²) in [4.78, 5) is 0.803. The molecule has 74 valence electrons. The summed E-state index contributed by atoms with van der Waals surface area (Å²) >= 11 is 6.43. The molecule has 0 heterocycles. The summed E-state index contributed by atoms with van der Waals surface area (Å²) in [7, 11) is 0. The van der Waals surface area contributed by atoms with Crippen molar-refractivity contribution < 1.29 is 0 Å². The average Bonchev–Trinajstić information content (AvgIpc) is 2.23. The third-order valence-corrected chi connectivity index (χ3v) is 5.16. The fourth-order valence-corrected chi connectivity index (χ4v) is 4.04. The van der Waals surface area contributed by atoms with E-state index >= 15 is 0 Å². The normalized spacial score (nSPS) is 21.1. The van der Waals surface area contributed by atoms with Crippen LogP contribution in [0.5, 0.6) is 0 Å². The Morgan fingerprint density at radius 1 is 1.21 bits per heavy atom. The summed E-state index contributed by atoms with van der Waals surface area (Å²) in [6.07, 6.45) is 8.70. The molecule has 0 saturated carbocycles. The average molecular weight is 272 g/mol. The van der Waals surface area contributed by atoms with Crippen LogP contribution >= 0.6 is 11.6 Å². The molecule has 1 aromatic rings. The fourth-order valence-electron chi connectivity index (χ4n) is 1.57. The first-order chi connectivity index (χ1) is 6.84. The molecule has 0 aromatic heterocycles. The molecule has 1 unspecified atom stereocenters. The van der Waals surface area contributed by atoms with Crippen molar-refractivity contribution >= 4 is 31.0 Å². The van der Waals surface area contributed by atoms with Gasteiger partial charge in [0.25, 0.3) is 0 Å². The van der Waals surface area contributed by atoms with Crippen molar-refractivity contribution in [3.8, 4) is 0 Å². The number of rotatable bonds is 2. The summed E-state index contributed by atoms with van der Waals surface area (Å²) in [6.45, 7) is 0. The van der Waals surface area contributed by atoms with Crippen LogP contribution in [0.3, 0.4) is 0 Å². The van der Waals surface area contributed by atoms with E-state index in [1.807, 2.05) is 12.1 Å². The molecule has 14 heavy (non-hydrogen) atoms. The zero-order valence-electron chi connectivity index (χ0n) is 7.95. The minimum atomic E-state index is 0.585. The van der Waals surface area contributed by atoms with Gasteiger partial charge in [-0.2, -0.15) is 0 Å². The summed E-state index contributed by atoms with van der Waals surface area (Å²) in [5, 5.41) is 0.837. The van der Waals surface area contributed by atoms with Gasteiger partial charge in [0, 0.05) is 0 Å². The molecule has 1 aromatic carbocycles. The molecular formula is C12H13ClSe. The predicted molar refractivity (Wildman–Crippen MR) is 63.6 cm³/mol. The summed E-state index contributed by atoms with van der Waals surface area (Å²) in [5.41, 5.74) is 0. The van der Waals surface area contributed by atoms with Crippen LogP contribution in [0.4, 0.5) is 0 Å². The second kappa shape index (κ2) is 5.02. The molecule has 1 aliphatic carbocycles. The van der Waals surface area contributed by atoms with E-state index in [1.165, 1.54) is 23.7 Å². The van der Waals surface area contributed by atoms with E-state index in [-0.39, 0.29) is 0 Å². The molecule has 0 N–H and O–H groups in total. The summed E-state index contributed by atoms with van der Waals surface area (Å²) < 4.78 is 1.46. The van der Waals surface area contributed by atoms with Gasteiger partial charge < -0.3 is 0 Å². The molecule has 0 radical (unpaired) electrons. The molecule has 1 aliphatic rings. The number of halogens is 1. The van der Waals surface area contributed by atoms with Crippen LogP contribution in [0.1, 0.15) is 19.3 Å². The summed E-state index contributed by atoms with van der Waals surface area (Å²) in [5.74, 6) is 0. The van der Waals surface area contributed by atoms with Crippen molar-refractivity contribution in [2.45, 2.75) is 24.1 Å². The molecule has 2 rings (SSSR count). The van der Waals surface area contributed by atoms with Crippen molar-refractivity contribution in [1.82, 2.24) is 0 Å². The van der Waals surface area contributed by atoms with Crippen LogP contribution in [0.15, 0.2) is 36.4 Å². The van der Waals surface area contributed by atoms with Crippen LogP contribution in [0.2, 0.25) is 9.84 Å². The van der Waals surface area contributed by atoms with E-state index < -0.39 is 0 Å². The first-order valence-electron chi connectivity index (χ1n) is 4.93. The van der Waals surface area contributed by atoms with Crippen LogP contribution < -0.4 is 4.46 Å².